The second-order valence-corrected chi connectivity index (χ2v) is 11.1. The third-order valence-corrected chi connectivity index (χ3v) is 7.73. The van der Waals surface area contributed by atoms with E-state index in [1.807, 2.05) is 49.6 Å². The number of ketones is 1. The molecular formula is C35H37F3N4O5. The van der Waals surface area contributed by atoms with Gasteiger partial charge in [-0.1, -0.05) is 56.2 Å². The predicted octanol–water partition coefficient (Wildman–Crippen LogP) is 7.68. The van der Waals surface area contributed by atoms with Gasteiger partial charge < -0.3 is 25.1 Å². The largest absolute Gasteiger partial charge is 0.497 e. The second-order valence-electron chi connectivity index (χ2n) is 11.1. The molecule has 47 heavy (non-hydrogen) atoms. The summed E-state index contributed by atoms with van der Waals surface area (Å²) in [4.78, 5) is 45.3. The maximum atomic E-state index is 13.3. The van der Waals surface area contributed by atoms with E-state index in [1.165, 1.54) is 5.39 Å². The van der Waals surface area contributed by atoms with Crippen LogP contribution < -0.4 is 10.1 Å². The van der Waals surface area contributed by atoms with E-state index in [2.05, 4.69) is 50.6 Å². The third-order valence-electron chi connectivity index (χ3n) is 7.73. The van der Waals surface area contributed by atoms with Crippen LogP contribution in [0.3, 0.4) is 0 Å². The monoisotopic (exact) mass is 650 g/mol. The van der Waals surface area contributed by atoms with Crippen molar-refractivity contribution in [3.63, 3.8) is 0 Å². The molecule has 0 radical (unpaired) electrons. The number of unbranched alkanes of at least 4 members (excludes halogenated alkanes) is 2. The fourth-order valence-electron chi connectivity index (χ4n) is 5.17. The lowest BCUT2D eigenvalue weighted by molar-refractivity contribution is -0.192. The van der Waals surface area contributed by atoms with Gasteiger partial charge in [0.2, 0.25) is 5.91 Å². The minimum absolute atomic E-state index is 0.0708. The Bertz CT molecular complexity index is 1830. The average molecular weight is 651 g/mol. The molecule has 0 fully saturated rings. The average Bonchev–Trinajstić information content (AvgIpc) is 3.71. The number of nitrogens with one attached hydrogen (secondary N) is 3. The van der Waals surface area contributed by atoms with Crippen LogP contribution in [-0.4, -0.2) is 51.0 Å². The van der Waals surface area contributed by atoms with E-state index in [0.29, 0.717) is 18.6 Å². The van der Waals surface area contributed by atoms with Gasteiger partial charge in [0, 0.05) is 35.5 Å². The Morgan fingerprint density at radius 3 is 2.45 bits per heavy atom. The first-order valence-corrected chi connectivity index (χ1v) is 15.3. The van der Waals surface area contributed by atoms with Gasteiger partial charge >= 0.3 is 12.1 Å². The van der Waals surface area contributed by atoms with Crippen LogP contribution >= 0.6 is 0 Å². The summed E-state index contributed by atoms with van der Waals surface area (Å²) < 4.78 is 37.1. The molecule has 3 aromatic carbocycles. The number of benzene rings is 3. The Balaban J connectivity index is 0.000000644. The normalized spacial score (nSPS) is 11.9. The van der Waals surface area contributed by atoms with Crippen LogP contribution in [0.1, 0.15) is 62.9 Å². The van der Waals surface area contributed by atoms with E-state index in [1.54, 1.807) is 7.11 Å². The Morgan fingerprint density at radius 1 is 1.00 bits per heavy atom. The van der Waals surface area contributed by atoms with Gasteiger partial charge in [0.25, 0.3) is 0 Å². The number of nitrogens with zero attached hydrogens (tertiary/aromatic N) is 1. The molecule has 9 nitrogen and oxygen atoms in total. The smallest absolute Gasteiger partial charge is 0.490 e. The molecule has 5 rings (SSSR count). The number of hydrogen-bond acceptors (Lipinski definition) is 5. The van der Waals surface area contributed by atoms with Crippen LogP contribution in [0.25, 0.3) is 32.9 Å². The summed E-state index contributed by atoms with van der Waals surface area (Å²) in [6.45, 7) is 1.90. The number of imidazole rings is 1. The number of fused-ring (bicyclic) bond motifs is 2. The molecule has 5 aromatic rings. The lowest BCUT2D eigenvalue weighted by Gasteiger charge is -2.17. The number of carboxylic acids is 1. The number of carbonyl (C=O) groups excluding carboxylic acids is 2. The molecule has 12 heteroatoms. The number of ether oxygens (including phenoxy) is 1. The zero-order valence-corrected chi connectivity index (χ0v) is 26.1. The maximum Gasteiger partial charge on any atom is 0.490 e. The Kier molecular flexibility index (Phi) is 11.8. The number of Topliss-reactive ketones (excluding diaryl/α,β-unsaturated/α-hetero) is 1. The molecule has 0 spiro atoms. The minimum atomic E-state index is -5.08. The number of methoxy groups -OCH3 is 1. The van der Waals surface area contributed by atoms with Crippen LogP contribution in [0.15, 0.2) is 73.1 Å². The summed E-state index contributed by atoms with van der Waals surface area (Å²) in [5.41, 5.74) is 3.85. The summed E-state index contributed by atoms with van der Waals surface area (Å²) in [5, 5.41) is 13.7. The number of rotatable bonds is 13. The molecule has 2 heterocycles. The van der Waals surface area contributed by atoms with Crippen molar-refractivity contribution in [2.24, 2.45) is 0 Å². The van der Waals surface area contributed by atoms with Gasteiger partial charge in [0.15, 0.2) is 0 Å². The highest BCUT2D eigenvalue weighted by atomic mass is 19.4. The number of amides is 1. The highest BCUT2D eigenvalue weighted by Crippen LogP contribution is 2.27. The van der Waals surface area contributed by atoms with E-state index in [9.17, 15) is 22.8 Å². The first-order chi connectivity index (χ1) is 22.5. The van der Waals surface area contributed by atoms with Crippen molar-refractivity contribution < 1.29 is 37.4 Å². The van der Waals surface area contributed by atoms with Gasteiger partial charge in [-0.15, -0.1) is 0 Å². The Hall–Kier alpha value is -5.13. The molecule has 1 amide bonds. The van der Waals surface area contributed by atoms with E-state index in [-0.39, 0.29) is 18.4 Å². The van der Waals surface area contributed by atoms with Gasteiger partial charge in [-0.2, -0.15) is 13.2 Å². The van der Waals surface area contributed by atoms with Crippen LogP contribution in [0.4, 0.5) is 13.2 Å². The van der Waals surface area contributed by atoms with E-state index < -0.39 is 12.1 Å². The van der Waals surface area contributed by atoms with Gasteiger partial charge in [-0.25, -0.2) is 9.78 Å². The zero-order valence-electron chi connectivity index (χ0n) is 26.1. The van der Waals surface area contributed by atoms with Crippen LogP contribution in [0.5, 0.6) is 5.75 Å². The number of aliphatic carboxylic acids is 1. The number of alkyl halides is 3. The molecule has 0 bridgehead atoms. The van der Waals surface area contributed by atoms with E-state index in [4.69, 9.17) is 14.6 Å². The van der Waals surface area contributed by atoms with Crippen LogP contribution in [-0.2, 0) is 20.8 Å². The Morgan fingerprint density at radius 2 is 1.74 bits per heavy atom. The predicted molar refractivity (Wildman–Crippen MR) is 173 cm³/mol. The number of hydrogen-bond donors (Lipinski definition) is 4. The standard InChI is InChI=1S/C33H36N4O3.C2HF3O2/c1-3-26(38)11-5-4-6-12-30(36-32(39)18-25-20-34-29-16-15-27(40-2)19-28(25)29)33-35-21-31(37-33)24-14-13-22-9-7-8-10-23(22)17-24;3-2(4,5)1(6)7/h7-10,13-17,19-21,30,34H,3-6,11-12,18H2,1-2H3,(H,35,37)(H,36,39);(H,6,7)/t30-;/m0./s1. The highest BCUT2D eigenvalue weighted by molar-refractivity contribution is 5.90. The van der Waals surface area contributed by atoms with Crippen molar-refractivity contribution in [2.45, 2.75) is 64.1 Å². The molecule has 1 atom stereocenters. The SMILES string of the molecule is CCC(=O)CCCCC[C@H](NC(=O)Cc1c[nH]c2ccc(OC)cc12)c1ncc(-c2ccc3ccccc3c2)[nH]1.O=C(O)C(F)(F)F. The van der Waals surface area contributed by atoms with E-state index in [0.717, 1.165) is 70.4 Å². The number of carbonyl (C=O) groups is 3. The highest BCUT2D eigenvalue weighted by Gasteiger charge is 2.38. The number of halogens is 3. The Labute approximate surface area is 269 Å². The van der Waals surface area contributed by atoms with Crippen molar-refractivity contribution in [1.29, 1.82) is 0 Å². The van der Waals surface area contributed by atoms with Crippen molar-refractivity contribution in [3.8, 4) is 17.0 Å². The first kappa shape index (κ1) is 34.7. The topological polar surface area (TPSA) is 137 Å². The molecule has 0 saturated heterocycles. The number of H-pyrrole nitrogens is 2. The van der Waals surface area contributed by atoms with Gasteiger partial charge in [-0.05, 0) is 53.4 Å². The van der Waals surface area contributed by atoms with Crippen molar-refractivity contribution in [3.05, 3.63) is 84.4 Å². The van der Waals surface area contributed by atoms with Crippen LogP contribution in [0, 0.1) is 0 Å². The number of carboxylic acid groups (broad SMARTS) is 1. The van der Waals surface area contributed by atoms with Gasteiger partial charge in [0.05, 0.1) is 31.5 Å². The van der Waals surface area contributed by atoms with Crippen LogP contribution in [0.2, 0.25) is 0 Å². The van der Waals surface area contributed by atoms with Gasteiger partial charge in [-0.3, -0.25) is 9.59 Å². The molecule has 2 aromatic heterocycles. The molecule has 248 valence electrons. The summed E-state index contributed by atoms with van der Waals surface area (Å²) >= 11 is 0. The third kappa shape index (κ3) is 9.68. The number of aromatic amines is 2. The molecule has 0 aliphatic carbocycles. The van der Waals surface area contributed by atoms with Crippen molar-refractivity contribution >= 4 is 39.3 Å². The summed E-state index contributed by atoms with van der Waals surface area (Å²) in [5.74, 6) is -1.04. The molecular weight excluding hydrogens is 613 g/mol. The maximum absolute atomic E-state index is 13.3. The molecule has 4 N–H and O–H groups in total. The summed E-state index contributed by atoms with van der Waals surface area (Å²) in [7, 11) is 1.64. The van der Waals surface area contributed by atoms with Crippen molar-refractivity contribution in [1.82, 2.24) is 20.3 Å². The summed E-state index contributed by atoms with van der Waals surface area (Å²) in [6, 6.07) is 20.2. The zero-order chi connectivity index (χ0) is 34.0. The number of aromatic nitrogens is 3. The minimum Gasteiger partial charge on any atom is -0.497 e. The second kappa shape index (κ2) is 15.9. The van der Waals surface area contributed by atoms with Crippen molar-refractivity contribution in [2.75, 3.05) is 7.11 Å². The molecule has 0 unspecified atom stereocenters. The van der Waals surface area contributed by atoms with E-state index >= 15 is 0 Å². The summed E-state index contributed by atoms with van der Waals surface area (Å²) in [6.07, 6.45) is 3.50. The molecule has 0 saturated carbocycles. The lowest BCUT2D eigenvalue weighted by atomic mass is 10.0. The quantitative estimate of drug-likeness (QED) is 0.0965. The molecule has 0 aliphatic heterocycles. The fourth-order valence-corrected chi connectivity index (χ4v) is 5.17. The first-order valence-electron chi connectivity index (χ1n) is 15.3. The lowest BCUT2D eigenvalue weighted by Crippen LogP contribution is -2.30. The fraction of sp³-hybridized carbons (Fsp3) is 0.314. The molecule has 0 aliphatic rings. The van der Waals surface area contributed by atoms with Gasteiger partial charge in [0.1, 0.15) is 17.4 Å².